The van der Waals surface area contributed by atoms with Crippen LogP contribution in [0.2, 0.25) is 18.1 Å². The highest BCUT2D eigenvalue weighted by Crippen LogP contribution is 2.37. The summed E-state index contributed by atoms with van der Waals surface area (Å²) in [6.45, 7) is 11.9. The van der Waals surface area contributed by atoms with Gasteiger partial charge in [-0.2, -0.15) is 0 Å². The predicted octanol–water partition coefficient (Wildman–Crippen LogP) is 7.19. The van der Waals surface area contributed by atoms with Gasteiger partial charge in [-0.05, 0) is 85.1 Å². The van der Waals surface area contributed by atoms with Gasteiger partial charge >= 0.3 is 0 Å². The Balaban J connectivity index is 1.39. The van der Waals surface area contributed by atoms with Gasteiger partial charge in [0.1, 0.15) is 17.1 Å². The number of imidazole rings is 1. The normalized spacial score (nSPS) is 14.0. The van der Waals surface area contributed by atoms with Gasteiger partial charge in [0, 0.05) is 11.9 Å². The van der Waals surface area contributed by atoms with Gasteiger partial charge in [-0.25, -0.2) is 15.0 Å². The maximum absolute atomic E-state index is 6.45. The molecule has 210 valence electrons. The number of nitrogen functional groups attached to an aromatic ring is 1. The van der Waals surface area contributed by atoms with E-state index in [1.54, 1.807) is 12.4 Å². The van der Waals surface area contributed by atoms with Crippen LogP contribution in [0.25, 0.3) is 39.6 Å². The molecule has 4 heterocycles. The summed E-state index contributed by atoms with van der Waals surface area (Å²) in [6, 6.07) is 20.0. The Bertz CT molecular complexity index is 1690. The highest BCUT2D eigenvalue weighted by Gasteiger charge is 2.37. The van der Waals surface area contributed by atoms with E-state index in [2.05, 4.69) is 68.1 Å². The summed E-state index contributed by atoms with van der Waals surface area (Å²) in [5.41, 5.74) is 12.1. The zero-order valence-corrected chi connectivity index (χ0v) is 25.3. The summed E-state index contributed by atoms with van der Waals surface area (Å²) in [6.07, 6.45) is 6.00. The Labute approximate surface area is 241 Å². The van der Waals surface area contributed by atoms with Crippen molar-refractivity contribution in [3.8, 4) is 34.2 Å². The Morgan fingerprint density at radius 2 is 1.68 bits per heavy atom. The third-order valence-electron chi connectivity index (χ3n) is 8.01. The zero-order chi connectivity index (χ0) is 28.8. The number of rotatable bonds is 8. The van der Waals surface area contributed by atoms with E-state index in [0.717, 1.165) is 52.3 Å². The highest BCUT2D eigenvalue weighted by atomic mass is 28.4. The van der Waals surface area contributed by atoms with Crippen LogP contribution in [0.3, 0.4) is 0 Å². The average Bonchev–Trinajstić information content (AvgIpc) is 3.69. The van der Waals surface area contributed by atoms with Crippen molar-refractivity contribution >= 4 is 25.3 Å². The Morgan fingerprint density at radius 3 is 2.34 bits per heavy atom. The number of fused-ring (bicyclic) bond motifs is 1. The molecule has 2 N–H and O–H groups in total. The van der Waals surface area contributed by atoms with Crippen LogP contribution in [0.15, 0.2) is 73.1 Å². The lowest BCUT2D eigenvalue weighted by atomic mass is 10.2. The first-order valence-corrected chi connectivity index (χ1v) is 17.0. The van der Waals surface area contributed by atoms with Crippen LogP contribution in [0.5, 0.6) is 5.75 Å². The number of ether oxygens (including phenoxy) is 1. The monoisotopic (exact) mass is 564 g/mol. The lowest BCUT2D eigenvalue weighted by Gasteiger charge is -2.36. The SMILES string of the molecule is CC(C)(C)[Si](C)(C)OCc1ccc(-n2c(-c3cccnc3N)nc3ccc(-c4ccc(OC5CC5)cn4)nc32)cc1. The van der Waals surface area contributed by atoms with Crippen LogP contribution >= 0.6 is 0 Å². The second-order valence-electron chi connectivity index (χ2n) is 12.2. The molecular weight excluding hydrogens is 528 g/mol. The number of anilines is 1. The van der Waals surface area contributed by atoms with Gasteiger partial charge in [-0.15, -0.1) is 0 Å². The van der Waals surface area contributed by atoms with Crippen molar-refractivity contribution in [2.24, 2.45) is 0 Å². The van der Waals surface area contributed by atoms with Gasteiger partial charge < -0.3 is 14.9 Å². The van der Waals surface area contributed by atoms with Gasteiger partial charge in [-0.3, -0.25) is 9.55 Å². The Hall–Kier alpha value is -4.08. The highest BCUT2D eigenvalue weighted by molar-refractivity contribution is 6.74. The van der Waals surface area contributed by atoms with Gasteiger partial charge in [-0.1, -0.05) is 32.9 Å². The number of aromatic nitrogens is 5. The standard InChI is InChI=1S/C32H36N6O2Si/c1-32(2,3)41(4,5)39-20-21-8-10-22(11-9-21)38-30(25-7-6-18-34-29(25)33)37-28-17-16-27(36-31(28)38)26-15-14-24(19-35-26)40-23-12-13-23/h6-11,14-19,23H,12-13,20H2,1-5H3,(H2,33,34). The summed E-state index contributed by atoms with van der Waals surface area (Å²) in [7, 11) is -1.86. The number of nitrogens with zero attached hydrogens (tertiary/aromatic N) is 5. The molecule has 0 bridgehead atoms. The molecule has 0 amide bonds. The van der Waals surface area contributed by atoms with Crippen LogP contribution < -0.4 is 10.5 Å². The van der Waals surface area contributed by atoms with Crippen LogP contribution in [-0.2, 0) is 11.0 Å². The lowest BCUT2D eigenvalue weighted by Crippen LogP contribution is -2.40. The first-order chi connectivity index (χ1) is 19.6. The Kier molecular flexibility index (Phi) is 6.87. The van der Waals surface area contributed by atoms with E-state index >= 15 is 0 Å². The van der Waals surface area contributed by atoms with Gasteiger partial charge in [0.15, 0.2) is 19.8 Å². The van der Waals surface area contributed by atoms with E-state index < -0.39 is 8.32 Å². The molecule has 0 atom stereocenters. The van der Waals surface area contributed by atoms with Crippen LogP contribution in [-0.4, -0.2) is 38.9 Å². The third kappa shape index (κ3) is 5.60. The molecule has 1 aromatic carbocycles. The van der Waals surface area contributed by atoms with Crippen molar-refractivity contribution < 1.29 is 9.16 Å². The average molecular weight is 565 g/mol. The zero-order valence-electron chi connectivity index (χ0n) is 24.3. The largest absolute Gasteiger partial charge is 0.489 e. The molecule has 0 radical (unpaired) electrons. The van der Waals surface area contributed by atoms with Gasteiger partial charge in [0.25, 0.3) is 0 Å². The molecule has 0 saturated heterocycles. The van der Waals surface area contributed by atoms with E-state index in [0.29, 0.717) is 30.0 Å². The number of pyridine rings is 3. The van der Waals surface area contributed by atoms with E-state index in [1.165, 1.54) is 0 Å². The van der Waals surface area contributed by atoms with Crippen molar-refractivity contribution in [1.82, 2.24) is 24.5 Å². The molecule has 4 aromatic heterocycles. The van der Waals surface area contributed by atoms with Crippen molar-refractivity contribution in [2.45, 2.75) is 64.5 Å². The number of hydrogen-bond donors (Lipinski definition) is 1. The number of nitrogens with two attached hydrogens (primary N) is 1. The summed E-state index contributed by atoms with van der Waals surface area (Å²) < 4.78 is 14.4. The molecule has 0 aliphatic heterocycles. The van der Waals surface area contributed by atoms with Gasteiger partial charge in [0.05, 0.1) is 35.9 Å². The molecule has 5 aromatic rings. The maximum Gasteiger partial charge on any atom is 0.192 e. The van der Waals surface area contributed by atoms with Crippen LogP contribution in [0.1, 0.15) is 39.2 Å². The molecule has 0 spiro atoms. The first-order valence-electron chi connectivity index (χ1n) is 14.1. The van der Waals surface area contributed by atoms with Crippen molar-refractivity contribution in [3.63, 3.8) is 0 Å². The van der Waals surface area contributed by atoms with Gasteiger partial charge in [0.2, 0.25) is 0 Å². The smallest absolute Gasteiger partial charge is 0.192 e. The van der Waals surface area contributed by atoms with E-state index in [9.17, 15) is 0 Å². The summed E-state index contributed by atoms with van der Waals surface area (Å²) in [5, 5.41) is 0.157. The molecule has 1 fully saturated rings. The lowest BCUT2D eigenvalue weighted by molar-refractivity contribution is 0.276. The van der Waals surface area contributed by atoms with Crippen molar-refractivity contribution in [2.75, 3.05) is 5.73 Å². The molecule has 6 rings (SSSR count). The summed E-state index contributed by atoms with van der Waals surface area (Å²) in [5.74, 6) is 1.88. The minimum Gasteiger partial charge on any atom is -0.489 e. The first kappa shape index (κ1) is 27.1. The van der Waals surface area contributed by atoms with Crippen molar-refractivity contribution in [3.05, 3.63) is 78.6 Å². The molecule has 41 heavy (non-hydrogen) atoms. The second kappa shape index (κ2) is 10.4. The Morgan fingerprint density at radius 1 is 0.927 bits per heavy atom. The summed E-state index contributed by atoms with van der Waals surface area (Å²) in [4.78, 5) is 18.9. The fraction of sp³-hybridized carbons (Fsp3) is 0.312. The minimum atomic E-state index is -1.86. The molecular formula is C32H36N6O2Si. The fourth-order valence-electron chi connectivity index (χ4n) is 4.33. The maximum atomic E-state index is 6.45. The molecule has 9 heteroatoms. The topological polar surface area (TPSA) is 101 Å². The number of benzene rings is 1. The van der Waals surface area contributed by atoms with E-state index in [1.807, 2.05) is 41.0 Å². The van der Waals surface area contributed by atoms with Crippen LogP contribution in [0, 0.1) is 0 Å². The molecule has 1 aliphatic rings. The third-order valence-corrected chi connectivity index (χ3v) is 12.5. The molecule has 1 aliphatic carbocycles. The minimum absolute atomic E-state index is 0.157. The van der Waals surface area contributed by atoms with E-state index in [-0.39, 0.29) is 5.04 Å². The molecule has 0 unspecified atom stereocenters. The summed E-state index contributed by atoms with van der Waals surface area (Å²) >= 11 is 0. The molecule has 1 saturated carbocycles. The van der Waals surface area contributed by atoms with Crippen molar-refractivity contribution in [1.29, 1.82) is 0 Å². The quantitative estimate of drug-likeness (QED) is 0.199. The predicted molar refractivity (Wildman–Crippen MR) is 165 cm³/mol. The molecule has 8 nitrogen and oxygen atoms in total. The fourth-order valence-corrected chi connectivity index (χ4v) is 5.29. The second-order valence-corrected chi connectivity index (χ2v) is 17.0. The van der Waals surface area contributed by atoms with Crippen LogP contribution in [0.4, 0.5) is 5.82 Å². The van der Waals surface area contributed by atoms with E-state index in [4.69, 9.17) is 24.9 Å². The number of hydrogen-bond acceptors (Lipinski definition) is 7.